The van der Waals surface area contributed by atoms with Crippen molar-refractivity contribution < 1.29 is 13.3 Å². The van der Waals surface area contributed by atoms with Gasteiger partial charge >= 0.3 is 0 Å². The third-order valence-corrected chi connectivity index (χ3v) is 7.59. The summed E-state index contributed by atoms with van der Waals surface area (Å²) in [4.78, 5) is 9.94. The Bertz CT molecular complexity index is 1350. The third-order valence-electron chi connectivity index (χ3n) is 6.21. The second-order valence-corrected chi connectivity index (χ2v) is 11.5. The van der Waals surface area contributed by atoms with Gasteiger partial charge in [0.15, 0.2) is 11.6 Å². The second kappa shape index (κ2) is 10.9. The average molecular weight is 566 g/mol. The molecule has 37 heavy (non-hydrogen) atoms. The predicted octanol–water partition coefficient (Wildman–Crippen LogP) is 4.35. The number of pyridine rings is 2. The first kappa shape index (κ1) is 27.3. The lowest BCUT2D eigenvalue weighted by atomic mass is 9.88. The summed E-state index contributed by atoms with van der Waals surface area (Å²) < 4.78 is 32.4. The van der Waals surface area contributed by atoms with Crippen LogP contribution in [0.4, 0.5) is 15.9 Å². The van der Waals surface area contributed by atoms with Crippen LogP contribution in [0.3, 0.4) is 0 Å². The third kappa shape index (κ3) is 6.04. The maximum Gasteiger partial charge on any atom is 0.166 e. The van der Waals surface area contributed by atoms with E-state index in [1.54, 1.807) is 36.3 Å². The first-order chi connectivity index (χ1) is 17.5. The molecular formula is C25H27Cl2FN6O2S. The Morgan fingerprint density at radius 2 is 1.95 bits per heavy atom. The molecule has 0 amide bonds. The van der Waals surface area contributed by atoms with E-state index in [-0.39, 0.29) is 17.1 Å². The summed E-state index contributed by atoms with van der Waals surface area (Å²) in [5.74, 6) is 0.538. The van der Waals surface area contributed by atoms with E-state index < -0.39 is 28.3 Å². The zero-order valence-electron chi connectivity index (χ0n) is 20.3. The minimum atomic E-state index is -0.931. The van der Waals surface area contributed by atoms with Gasteiger partial charge in [0.1, 0.15) is 11.9 Å². The number of nitrogen functional groups attached to an aromatic ring is 1. The molecule has 0 radical (unpaired) electrons. The topological polar surface area (TPSA) is 131 Å². The number of halogens is 3. The molecule has 4 rings (SSSR count). The van der Waals surface area contributed by atoms with Gasteiger partial charge in [-0.05, 0) is 37.6 Å². The fourth-order valence-electron chi connectivity index (χ4n) is 4.22. The monoisotopic (exact) mass is 564 g/mol. The Kier molecular flexibility index (Phi) is 8.03. The molecule has 8 nitrogen and oxygen atoms in total. The normalized spacial score (nSPS) is 16.1. The Balaban J connectivity index is 1.49. The van der Waals surface area contributed by atoms with E-state index in [1.807, 2.05) is 0 Å². The standard InChI is InChI=1S/C25H27Cl2FN6O2S/c1-14(22-18(26)10-32-11-19(22)27)36-16-3-4-21(29)17(8-16)23(30)15-7-20(28)24(33-9-15)34-12-25(31,13-34)5-6-37(2)35/h3-4,7-11,14,30H,5-6,12-13,29,31H2,1-2H3/t14-,37?/m1/s1. The van der Waals surface area contributed by atoms with Crippen LogP contribution in [0.5, 0.6) is 5.75 Å². The zero-order chi connectivity index (χ0) is 26.9. The molecule has 3 aromatic rings. The van der Waals surface area contributed by atoms with E-state index in [2.05, 4.69) is 9.97 Å². The molecule has 1 saturated heterocycles. The van der Waals surface area contributed by atoms with E-state index in [1.165, 1.54) is 24.7 Å². The first-order valence-electron chi connectivity index (χ1n) is 11.4. The molecule has 1 aromatic carbocycles. The maximum absolute atomic E-state index is 15.0. The number of nitrogens with two attached hydrogens (primary N) is 2. The highest BCUT2D eigenvalue weighted by atomic mass is 35.5. The van der Waals surface area contributed by atoms with Gasteiger partial charge < -0.3 is 21.1 Å². The van der Waals surface area contributed by atoms with Crippen LogP contribution in [0.2, 0.25) is 10.0 Å². The quantitative estimate of drug-likeness (QED) is 0.260. The summed E-state index contributed by atoms with van der Waals surface area (Å²) in [5.41, 5.74) is 13.5. The number of nitrogens with one attached hydrogen (secondary N) is 1. The van der Waals surface area contributed by atoms with Crippen molar-refractivity contribution >= 4 is 51.2 Å². The van der Waals surface area contributed by atoms with Crippen LogP contribution in [0.15, 0.2) is 42.9 Å². The van der Waals surface area contributed by atoms with E-state index in [9.17, 15) is 4.21 Å². The van der Waals surface area contributed by atoms with Gasteiger partial charge in [-0.15, -0.1) is 0 Å². The van der Waals surface area contributed by atoms with Gasteiger partial charge in [0.05, 0.1) is 21.3 Å². The molecule has 1 aliphatic heterocycles. The molecule has 0 saturated carbocycles. The van der Waals surface area contributed by atoms with Gasteiger partial charge in [0.2, 0.25) is 0 Å². The number of hydrogen-bond donors (Lipinski definition) is 3. The second-order valence-electron chi connectivity index (χ2n) is 9.18. The molecule has 196 valence electrons. The van der Waals surface area contributed by atoms with Crippen LogP contribution in [0.25, 0.3) is 0 Å². The molecule has 0 spiro atoms. The van der Waals surface area contributed by atoms with Gasteiger partial charge in [0, 0.05) is 76.9 Å². The van der Waals surface area contributed by atoms with Crippen LogP contribution in [-0.4, -0.2) is 50.5 Å². The summed E-state index contributed by atoms with van der Waals surface area (Å²) in [5, 5.41) is 9.41. The smallest absolute Gasteiger partial charge is 0.166 e. The molecule has 1 fully saturated rings. The Morgan fingerprint density at radius 1 is 1.27 bits per heavy atom. The molecule has 0 aliphatic carbocycles. The predicted molar refractivity (Wildman–Crippen MR) is 147 cm³/mol. The highest BCUT2D eigenvalue weighted by Crippen LogP contribution is 2.34. The van der Waals surface area contributed by atoms with Crippen molar-refractivity contribution in [3.63, 3.8) is 0 Å². The number of benzene rings is 1. The number of nitrogens with zero attached hydrogens (tertiary/aromatic N) is 3. The van der Waals surface area contributed by atoms with E-state index in [0.717, 1.165) is 0 Å². The van der Waals surface area contributed by atoms with Crippen LogP contribution in [0.1, 0.15) is 36.1 Å². The number of aromatic nitrogens is 2. The SMILES string of the molecule is C[C@@H](Oc1ccc(N)c(C(=N)c2cnc(N3CC(N)(CCS(C)=O)C3)c(F)c2)c1)c1c(Cl)cncc1Cl. The minimum absolute atomic E-state index is 0.00395. The van der Waals surface area contributed by atoms with Crippen molar-refractivity contribution in [3.05, 3.63) is 75.4 Å². The molecule has 12 heteroatoms. The van der Waals surface area contributed by atoms with Crippen molar-refractivity contribution in [2.24, 2.45) is 5.73 Å². The molecule has 1 aliphatic rings. The van der Waals surface area contributed by atoms with E-state index in [4.69, 9.17) is 44.8 Å². The lowest BCUT2D eigenvalue weighted by molar-refractivity contribution is 0.227. The number of hydrogen-bond acceptors (Lipinski definition) is 8. The largest absolute Gasteiger partial charge is 0.486 e. The molecule has 2 aromatic heterocycles. The fourth-order valence-corrected chi connectivity index (χ4v) is 5.59. The molecular weight excluding hydrogens is 538 g/mol. The van der Waals surface area contributed by atoms with Gasteiger partial charge in [-0.25, -0.2) is 9.37 Å². The summed E-state index contributed by atoms with van der Waals surface area (Å²) in [7, 11) is -0.931. The van der Waals surface area contributed by atoms with Crippen molar-refractivity contribution in [1.82, 2.24) is 9.97 Å². The summed E-state index contributed by atoms with van der Waals surface area (Å²) >= 11 is 12.5. The molecule has 0 bridgehead atoms. The fraction of sp³-hybridized carbons (Fsp3) is 0.320. The molecule has 1 unspecified atom stereocenters. The highest BCUT2D eigenvalue weighted by molar-refractivity contribution is 7.84. The minimum Gasteiger partial charge on any atom is -0.486 e. The number of ether oxygens (including phenoxy) is 1. The summed E-state index contributed by atoms with van der Waals surface area (Å²) in [6.45, 7) is 2.63. The highest BCUT2D eigenvalue weighted by Gasteiger charge is 2.41. The summed E-state index contributed by atoms with van der Waals surface area (Å²) in [6, 6.07) is 6.15. The zero-order valence-corrected chi connectivity index (χ0v) is 22.6. The van der Waals surface area contributed by atoms with Gasteiger partial charge in [-0.2, -0.15) is 0 Å². The van der Waals surface area contributed by atoms with Crippen LogP contribution < -0.4 is 21.1 Å². The van der Waals surface area contributed by atoms with Crippen LogP contribution >= 0.6 is 23.2 Å². The lowest BCUT2D eigenvalue weighted by Crippen LogP contribution is -2.68. The Labute approximate surface area is 227 Å². The van der Waals surface area contributed by atoms with E-state index >= 15 is 4.39 Å². The maximum atomic E-state index is 15.0. The van der Waals surface area contributed by atoms with Gasteiger partial charge in [0.25, 0.3) is 0 Å². The van der Waals surface area contributed by atoms with E-state index in [0.29, 0.717) is 57.9 Å². The molecule has 2 atom stereocenters. The van der Waals surface area contributed by atoms with Gasteiger partial charge in [-0.1, -0.05) is 23.2 Å². The van der Waals surface area contributed by atoms with Crippen molar-refractivity contribution in [3.8, 4) is 5.75 Å². The number of anilines is 2. The first-order valence-corrected chi connectivity index (χ1v) is 13.9. The number of rotatable bonds is 9. The van der Waals surface area contributed by atoms with Crippen LogP contribution in [0, 0.1) is 11.2 Å². The molecule has 5 N–H and O–H groups in total. The molecule has 3 heterocycles. The van der Waals surface area contributed by atoms with Crippen molar-refractivity contribution in [1.29, 1.82) is 5.41 Å². The van der Waals surface area contributed by atoms with Crippen molar-refractivity contribution in [2.75, 3.05) is 35.7 Å². The van der Waals surface area contributed by atoms with Crippen LogP contribution in [-0.2, 0) is 10.8 Å². The Hall–Kier alpha value is -2.79. The lowest BCUT2D eigenvalue weighted by Gasteiger charge is -2.48. The average Bonchev–Trinajstić information content (AvgIpc) is 2.82. The Morgan fingerprint density at radius 3 is 2.57 bits per heavy atom. The van der Waals surface area contributed by atoms with Gasteiger partial charge in [-0.3, -0.25) is 14.6 Å². The van der Waals surface area contributed by atoms with Crippen molar-refractivity contribution in [2.45, 2.75) is 25.0 Å². The summed E-state index contributed by atoms with van der Waals surface area (Å²) in [6.07, 6.45) is 6.13.